The first-order valence-electron chi connectivity index (χ1n) is 6.73. The lowest BCUT2D eigenvalue weighted by Crippen LogP contribution is -2.42. The van der Waals surface area contributed by atoms with Crippen molar-refractivity contribution in [3.8, 4) is 5.75 Å². The Balaban J connectivity index is 1.79. The van der Waals surface area contributed by atoms with Crippen molar-refractivity contribution in [3.05, 3.63) is 29.6 Å². The van der Waals surface area contributed by atoms with E-state index in [4.69, 9.17) is 0 Å². The lowest BCUT2D eigenvalue weighted by Gasteiger charge is -2.24. The van der Waals surface area contributed by atoms with E-state index in [2.05, 4.69) is 4.99 Å². The fourth-order valence-electron chi connectivity index (χ4n) is 2.60. The molecule has 1 unspecified atom stereocenters. The second kappa shape index (κ2) is 6.10. The van der Waals surface area contributed by atoms with Crippen molar-refractivity contribution >= 4 is 34.5 Å². The molecule has 1 aromatic carbocycles. The zero-order valence-electron chi connectivity index (χ0n) is 11.8. The number of aliphatic carboxylic acids is 1. The predicted octanol–water partition coefficient (Wildman–Crippen LogP) is 1.85. The number of hydrogen-bond acceptors (Lipinski definition) is 6. The molecule has 0 aromatic heterocycles. The Hall–Kier alpha value is -1.25. The number of rotatable bonds is 3. The third-order valence-electron chi connectivity index (χ3n) is 3.80. The first-order valence-corrected chi connectivity index (χ1v) is 8.76. The van der Waals surface area contributed by atoms with Gasteiger partial charge in [-0.3, -0.25) is 14.7 Å². The molecule has 1 saturated heterocycles. The monoisotopic (exact) mass is 342 g/mol. The molecule has 2 N–H and O–H groups in total. The van der Waals surface area contributed by atoms with Gasteiger partial charge >= 0.3 is 5.97 Å². The Bertz CT molecular complexity index is 641. The van der Waals surface area contributed by atoms with Crippen molar-refractivity contribution in [2.45, 2.75) is 17.5 Å². The summed E-state index contributed by atoms with van der Waals surface area (Å²) in [5.41, 5.74) is 0.523. The molecule has 1 fully saturated rings. The molecule has 3 rings (SSSR count). The highest BCUT2D eigenvalue weighted by Crippen LogP contribution is 2.37. The Morgan fingerprint density at radius 3 is 2.86 bits per heavy atom. The van der Waals surface area contributed by atoms with Crippen molar-refractivity contribution < 1.29 is 19.4 Å². The van der Waals surface area contributed by atoms with Crippen molar-refractivity contribution in [3.63, 3.8) is 0 Å². The van der Waals surface area contributed by atoms with E-state index >= 15 is 0 Å². The normalized spacial score (nSPS) is 28.8. The van der Waals surface area contributed by atoms with E-state index < -0.39 is 17.8 Å². The molecule has 22 heavy (non-hydrogen) atoms. The maximum absolute atomic E-state index is 13.1. The molecule has 118 valence electrons. The highest BCUT2D eigenvalue weighted by molar-refractivity contribution is 8.14. The number of aliphatic imine (C=N–C) groups is 1. The number of benzene rings is 1. The number of likely N-dealkylation sites (N-methyl/N-ethyl adjacent to an activating group) is 1. The number of hydrogen-bond donors (Lipinski definition) is 2. The van der Waals surface area contributed by atoms with Crippen LogP contribution in [0.5, 0.6) is 5.75 Å². The second-order valence-corrected chi connectivity index (χ2v) is 7.38. The molecule has 5 nitrogen and oxygen atoms in total. The van der Waals surface area contributed by atoms with Crippen molar-refractivity contribution in [2.75, 3.05) is 18.6 Å². The van der Waals surface area contributed by atoms with Gasteiger partial charge in [0.25, 0.3) is 0 Å². The highest BCUT2D eigenvalue weighted by Gasteiger charge is 2.41. The first kappa shape index (κ1) is 15.6. The number of carbonyl (C=O) groups is 1. The van der Waals surface area contributed by atoms with Gasteiger partial charge in [-0.05, 0) is 19.2 Å². The molecule has 0 aliphatic carbocycles. The third-order valence-corrected chi connectivity index (χ3v) is 6.40. The van der Waals surface area contributed by atoms with E-state index in [0.717, 1.165) is 11.8 Å². The van der Waals surface area contributed by atoms with Gasteiger partial charge < -0.3 is 10.2 Å². The largest absolute Gasteiger partial charge is 0.507 e. The molecule has 2 aliphatic rings. The number of carboxylic acid groups (broad SMARTS) is 1. The van der Waals surface area contributed by atoms with Gasteiger partial charge in [0.1, 0.15) is 22.7 Å². The number of thioether (sulfide) groups is 2. The lowest BCUT2D eigenvalue weighted by molar-refractivity contribution is -0.141. The Kier molecular flexibility index (Phi) is 4.33. The van der Waals surface area contributed by atoms with Gasteiger partial charge in [-0.15, -0.1) is 23.5 Å². The molecular weight excluding hydrogens is 327 g/mol. The minimum atomic E-state index is -0.816. The summed E-state index contributed by atoms with van der Waals surface area (Å²) in [4.78, 5) is 17.6. The molecule has 2 aliphatic heterocycles. The SMILES string of the molecule is CN1[C@@H](C(=O)O)CS[C@H]1C1CSC(c2ccc(F)cc2O)=N1. The lowest BCUT2D eigenvalue weighted by atomic mass is 10.2. The van der Waals surface area contributed by atoms with E-state index in [1.807, 2.05) is 4.90 Å². The summed E-state index contributed by atoms with van der Waals surface area (Å²) in [6, 6.07) is 3.36. The predicted molar refractivity (Wildman–Crippen MR) is 86.3 cm³/mol. The summed E-state index contributed by atoms with van der Waals surface area (Å²) in [7, 11) is 1.80. The number of aromatic hydroxyl groups is 1. The molecule has 0 amide bonds. The van der Waals surface area contributed by atoms with Crippen LogP contribution in [0.25, 0.3) is 0 Å². The first-order chi connectivity index (χ1) is 10.5. The number of carboxylic acids is 1. The van der Waals surface area contributed by atoms with E-state index in [9.17, 15) is 19.4 Å². The highest BCUT2D eigenvalue weighted by atomic mass is 32.2. The van der Waals surface area contributed by atoms with E-state index in [-0.39, 0.29) is 17.2 Å². The molecule has 0 bridgehead atoms. The van der Waals surface area contributed by atoms with Gasteiger partial charge in [0.05, 0.1) is 11.4 Å². The van der Waals surface area contributed by atoms with Crippen LogP contribution in [0.4, 0.5) is 4.39 Å². The van der Waals surface area contributed by atoms with Crippen LogP contribution in [-0.4, -0.2) is 62.1 Å². The van der Waals surface area contributed by atoms with E-state index in [0.29, 0.717) is 16.4 Å². The minimum Gasteiger partial charge on any atom is -0.507 e. The molecule has 0 spiro atoms. The molecule has 8 heteroatoms. The molecule has 1 aromatic rings. The van der Waals surface area contributed by atoms with Gasteiger partial charge in [-0.2, -0.15) is 0 Å². The van der Waals surface area contributed by atoms with E-state index in [1.165, 1.54) is 23.9 Å². The molecule has 0 radical (unpaired) electrons. The topological polar surface area (TPSA) is 73.1 Å². The summed E-state index contributed by atoms with van der Waals surface area (Å²) < 4.78 is 13.1. The average molecular weight is 342 g/mol. The smallest absolute Gasteiger partial charge is 0.321 e. The third kappa shape index (κ3) is 2.82. The second-order valence-electron chi connectivity index (χ2n) is 5.22. The van der Waals surface area contributed by atoms with Crippen LogP contribution in [0.2, 0.25) is 0 Å². The fourth-order valence-corrected chi connectivity index (χ4v) is 5.36. The van der Waals surface area contributed by atoms with Crippen LogP contribution < -0.4 is 0 Å². The number of phenols is 1. The number of halogens is 1. The van der Waals surface area contributed by atoms with Crippen LogP contribution >= 0.6 is 23.5 Å². The molecule has 0 saturated carbocycles. The molecule has 2 heterocycles. The van der Waals surface area contributed by atoms with Crippen molar-refractivity contribution in [1.82, 2.24) is 4.90 Å². The maximum Gasteiger partial charge on any atom is 0.321 e. The van der Waals surface area contributed by atoms with Gasteiger partial charge in [-0.25, -0.2) is 4.39 Å². The summed E-state index contributed by atoms with van der Waals surface area (Å²) >= 11 is 3.09. The maximum atomic E-state index is 13.1. The number of phenolic OH excluding ortho intramolecular Hbond substituents is 1. The van der Waals surface area contributed by atoms with E-state index in [1.54, 1.807) is 18.8 Å². The minimum absolute atomic E-state index is 0.00805. The van der Waals surface area contributed by atoms with Crippen LogP contribution in [-0.2, 0) is 4.79 Å². The quantitative estimate of drug-likeness (QED) is 0.873. The Labute approximate surface area is 135 Å². The Morgan fingerprint density at radius 2 is 2.23 bits per heavy atom. The van der Waals surface area contributed by atoms with Crippen molar-refractivity contribution in [1.29, 1.82) is 0 Å². The van der Waals surface area contributed by atoms with Gasteiger partial charge in [0.2, 0.25) is 0 Å². The van der Waals surface area contributed by atoms with Crippen LogP contribution in [0.3, 0.4) is 0 Å². The Morgan fingerprint density at radius 1 is 1.45 bits per heavy atom. The molecular formula is C14H15FN2O3S2. The molecule has 3 atom stereocenters. The summed E-state index contributed by atoms with van der Waals surface area (Å²) in [5, 5.41) is 19.7. The number of nitrogens with zero attached hydrogens (tertiary/aromatic N) is 2. The van der Waals surface area contributed by atoms with Gasteiger partial charge in [0.15, 0.2) is 0 Å². The summed E-state index contributed by atoms with van der Waals surface area (Å²) in [5.74, 6) is -0.159. The average Bonchev–Trinajstić information content (AvgIpc) is 3.05. The van der Waals surface area contributed by atoms with Crippen molar-refractivity contribution in [2.24, 2.45) is 4.99 Å². The van der Waals surface area contributed by atoms with Crippen LogP contribution in [0.1, 0.15) is 5.56 Å². The van der Waals surface area contributed by atoms with Gasteiger partial charge in [0, 0.05) is 23.1 Å². The standard InChI is InChI=1S/C14H15FN2O3S2/c1-17-10(14(19)20)6-22-13(17)9-5-21-12(16-9)8-3-2-7(15)4-11(8)18/h2-4,9-10,13,18H,5-6H2,1H3,(H,19,20)/t9?,10-,13+/m1/s1. The van der Waals surface area contributed by atoms with Crippen LogP contribution in [0.15, 0.2) is 23.2 Å². The summed E-state index contributed by atoms with van der Waals surface area (Å²) in [6.07, 6.45) is 0. The zero-order valence-corrected chi connectivity index (χ0v) is 13.4. The fraction of sp³-hybridized carbons (Fsp3) is 0.429. The summed E-state index contributed by atoms with van der Waals surface area (Å²) in [6.45, 7) is 0. The van der Waals surface area contributed by atoms with Gasteiger partial charge in [-0.1, -0.05) is 0 Å². The zero-order chi connectivity index (χ0) is 15.9. The van der Waals surface area contributed by atoms with Crippen LogP contribution in [0, 0.1) is 5.82 Å².